The number of nitrogens with two attached hydrogens (primary N) is 1. The van der Waals surface area contributed by atoms with Gasteiger partial charge in [0.25, 0.3) is 0 Å². The van der Waals surface area contributed by atoms with E-state index in [4.69, 9.17) is 38.8 Å². The number of nitrogens with one attached hydrogen (secondary N) is 1. The number of fused-ring (bicyclic) bond motifs is 1. The summed E-state index contributed by atoms with van der Waals surface area (Å²) in [6, 6.07) is 9.60. The molecule has 0 atom stereocenters. The number of anilines is 2. The van der Waals surface area contributed by atoms with Crippen molar-refractivity contribution in [1.29, 1.82) is 0 Å². The van der Waals surface area contributed by atoms with Crippen LogP contribution >= 0.6 is 23.2 Å². The Balaban J connectivity index is 1.70. The summed E-state index contributed by atoms with van der Waals surface area (Å²) >= 11 is 12.4. The first-order chi connectivity index (χ1) is 17.8. The number of ether oxygens (including phenoxy) is 1. The molecule has 2 aromatic heterocycles. The van der Waals surface area contributed by atoms with Crippen molar-refractivity contribution in [2.45, 2.75) is 13.0 Å². The lowest BCUT2D eigenvalue weighted by molar-refractivity contribution is 0.259. The van der Waals surface area contributed by atoms with Crippen molar-refractivity contribution < 1.29 is 18.3 Å². The summed E-state index contributed by atoms with van der Waals surface area (Å²) < 4.78 is 37.6. The minimum absolute atomic E-state index is 0.0517. The molecule has 3 N–H and O–H groups in total. The third-order valence-corrected chi connectivity index (χ3v) is 6.49. The standard InChI is InChI=1S/C25H20Cl2F2N6O2/c1-37-22-5-3-2-4-21(22)35-23(14-9-18(29)20(10-17(14)28)32-25(30)36)15-12-34(7-6-19(15)33-35)24-16(27)8-13(26)11-31-24/h2-5,8-11H,6-7,12H2,1H3,(H3,30,32,36). The van der Waals surface area contributed by atoms with Crippen molar-refractivity contribution in [2.75, 3.05) is 23.9 Å². The van der Waals surface area contributed by atoms with Crippen LogP contribution in [0.25, 0.3) is 16.9 Å². The number of hydrogen-bond acceptors (Lipinski definition) is 5. The number of methoxy groups -OCH3 is 1. The molecular weight excluding hydrogens is 525 g/mol. The van der Waals surface area contributed by atoms with Crippen molar-refractivity contribution in [1.82, 2.24) is 14.8 Å². The quantitative estimate of drug-likeness (QED) is 0.341. The minimum Gasteiger partial charge on any atom is -0.494 e. The molecule has 0 unspecified atom stereocenters. The molecule has 0 saturated carbocycles. The molecule has 190 valence electrons. The Hall–Kier alpha value is -3.89. The molecule has 8 nitrogen and oxygen atoms in total. The predicted molar refractivity (Wildman–Crippen MR) is 138 cm³/mol. The van der Waals surface area contributed by atoms with E-state index in [0.29, 0.717) is 57.2 Å². The summed E-state index contributed by atoms with van der Waals surface area (Å²) in [4.78, 5) is 17.5. The van der Waals surface area contributed by atoms with Crippen LogP contribution in [0.3, 0.4) is 0 Å². The largest absolute Gasteiger partial charge is 0.494 e. The topological polar surface area (TPSA) is 98.3 Å². The van der Waals surface area contributed by atoms with Crippen molar-refractivity contribution >= 4 is 40.7 Å². The Morgan fingerprint density at radius 3 is 2.68 bits per heavy atom. The summed E-state index contributed by atoms with van der Waals surface area (Å²) in [5.41, 5.74) is 6.92. The lowest BCUT2D eigenvalue weighted by Crippen LogP contribution is -2.31. The molecule has 37 heavy (non-hydrogen) atoms. The molecule has 1 aliphatic rings. The first kappa shape index (κ1) is 24.8. The van der Waals surface area contributed by atoms with Crippen LogP contribution in [0.5, 0.6) is 5.75 Å². The number of rotatable bonds is 5. The van der Waals surface area contributed by atoms with Crippen LogP contribution in [-0.4, -0.2) is 34.5 Å². The molecule has 12 heteroatoms. The number of halogens is 4. The second-order valence-electron chi connectivity index (χ2n) is 8.29. The molecule has 0 aliphatic carbocycles. The summed E-state index contributed by atoms with van der Waals surface area (Å²) in [6.45, 7) is 0.818. The van der Waals surface area contributed by atoms with E-state index in [1.165, 1.54) is 13.3 Å². The molecule has 2 aromatic carbocycles. The number of para-hydroxylation sites is 2. The fourth-order valence-electron chi connectivity index (χ4n) is 4.41. The zero-order valence-corrected chi connectivity index (χ0v) is 20.9. The highest BCUT2D eigenvalue weighted by molar-refractivity contribution is 6.36. The first-order valence-electron chi connectivity index (χ1n) is 11.1. The lowest BCUT2D eigenvalue weighted by Gasteiger charge is -2.28. The number of pyridine rings is 1. The van der Waals surface area contributed by atoms with Gasteiger partial charge in [-0.15, -0.1) is 0 Å². The van der Waals surface area contributed by atoms with E-state index in [0.717, 1.165) is 12.1 Å². The van der Waals surface area contributed by atoms with E-state index < -0.39 is 17.7 Å². The van der Waals surface area contributed by atoms with Crippen molar-refractivity contribution in [3.8, 4) is 22.7 Å². The van der Waals surface area contributed by atoms with Gasteiger partial charge in [0.05, 0.1) is 34.2 Å². The molecule has 0 bridgehead atoms. The maximum atomic E-state index is 15.5. The number of benzene rings is 2. The van der Waals surface area contributed by atoms with Gasteiger partial charge in [-0.1, -0.05) is 35.3 Å². The van der Waals surface area contributed by atoms with E-state index >= 15 is 4.39 Å². The van der Waals surface area contributed by atoms with Crippen LogP contribution < -0.4 is 20.7 Å². The third-order valence-electron chi connectivity index (χ3n) is 6.01. The van der Waals surface area contributed by atoms with Crippen LogP contribution in [0, 0.1) is 11.6 Å². The Kier molecular flexibility index (Phi) is 6.61. The number of aromatic nitrogens is 3. The van der Waals surface area contributed by atoms with Crippen molar-refractivity contribution in [3.05, 3.63) is 81.6 Å². The van der Waals surface area contributed by atoms with Gasteiger partial charge in [-0.2, -0.15) is 5.10 Å². The highest BCUT2D eigenvalue weighted by atomic mass is 35.5. The van der Waals surface area contributed by atoms with Gasteiger partial charge in [-0.25, -0.2) is 23.2 Å². The molecule has 0 saturated heterocycles. The molecule has 4 aromatic rings. The van der Waals surface area contributed by atoms with Gasteiger partial charge in [-0.05, 0) is 24.3 Å². The monoisotopic (exact) mass is 544 g/mol. The predicted octanol–water partition coefficient (Wildman–Crippen LogP) is 5.58. The second kappa shape index (κ2) is 9.87. The van der Waals surface area contributed by atoms with E-state index in [1.807, 2.05) is 4.90 Å². The van der Waals surface area contributed by atoms with E-state index in [9.17, 15) is 9.18 Å². The number of hydrogen-bond donors (Lipinski definition) is 2. The Labute approximate surface area is 220 Å². The van der Waals surface area contributed by atoms with Gasteiger partial charge < -0.3 is 20.7 Å². The maximum absolute atomic E-state index is 15.5. The Bertz CT molecular complexity index is 1530. The number of urea groups is 1. The van der Waals surface area contributed by atoms with Crippen LogP contribution in [-0.2, 0) is 13.0 Å². The Morgan fingerprint density at radius 2 is 1.95 bits per heavy atom. The Morgan fingerprint density at radius 1 is 1.16 bits per heavy atom. The fourth-order valence-corrected chi connectivity index (χ4v) is 4.91. The normalized spacial score (nSPS) is 12.8. The molecule has 0 fully saturated rings. The van der Waals surface area contributed by atoms with Crippen LogP contribution in [0.1, 0.15) is 11.3 Å². The highest BCUT2D eigenvalue weighted by Crippen LogP contribution is 2.39. The van der Waals surface area contributed by atoms with Crippen molar-refractivity contribution in [3.63, 3.8) is 0 Å². The molecule has 5 rings (SSSR count). The van der Waals surface area contributed by atoms with Gasteiger partial charge >= 0.3 is 6.03 Å². The van der Waals surface area contributed by atoms with Crippen LogP contribution in [0.15, 0.2) is 48.7 Å². The van der Waals surface area contributed by atoms with Gasteiger partial charge in [0.15, 0.2) is 0 Å². The summed E-state index contributed by atoms with van der Waals surface area (Å²) in [5, 5.41) is 7.63. The number of amides is 2. The summed E-state index contributed by atoms with van der Waals surface area (Å²) in [7, 11) is 1.52. The summed E-state index contributed by atoms with van der Waals surface area (Å²) in [5.74, 6) is -0.619. The maximum Gasteiger partial charge on any atom is 0.316 e. The number of carbonyl (C=O) groups is 1. The molecule has 2 amide bonds. The molecule has 0 spiro atoms. The SMILES string of the molecule is COc1ccccc1-n1nc2c(c1-c1cc(F)c(NC(N)=O)cc1F)CN(c1ncc(Cl)cc1Cl)CC2. The van der Waals surface area contributed by atoms with Crippen molar-refractivity contribution in [2.24, 2.45) is 5.73 Å². The van der Waals surface area contributed by atoms with Crippen LogP contribution in [0.4, 0.5) is 25.1 Å². The molecule has 0 radical (unpaired) electrons. The molecular formula is C25H20Cl2F2N6O2. The minimum atomic E-state index is -1.01. The number of primary amides is 1. The van der Waals surface area contributed by atoms with Crippen LogP contribution in [0.2, 0.25) is 10.0 Å². The van der Waals surface area contributed by atoms with Gasteiger partial charge in [0.1, 0.15) is 28.9 Å². The van der Waals surface area contributed by atoms with Gasteiger partial charge in [0, 0.05) is 42.9 Å². The highest BCUT2D eigenvalue weighted by Gasteiger charge is 2.30. The zero-order chi connectivity index (χ0) is 26.3. The fraction of sp³-hybridized carbons (Fsp3) is 0.160. The first-order valence-corrected chi connectivity index (χ1v) is 11.9. The summed E-state index contributed by atoms with van der Waals surface area (Å²) in [6.07, 6.45) is 1.99. The zero-order valence-electron chi connectivity index (χ0n) is 19.4. The van der Waals surface area contributed by atoms with E-state index in [-0.39, 0.29) is 17.8 Å². The number of nitrogens with zero attached hydrogens (tertiary/aromatic N) is 4. The molecule has 3 heterocycles. The lowest BCUT2D eigenvalue weighted by atomic mass is 9.99. The number of carbonyl (C=O) groups excluding carboxylic acids is 1. The average Bonchev–Trinajstić information content (AvgIpc) is 3.24. The van der Waals surface area contributed by atoms with E-state index in [2.05, 4.69) is 10.3 Å². The average molecular weight is 545 g/mol. The van der Waals surface area contributed by atoms with E-state index in [1.54, 1.807) is 35.0 Å². The van der Waals surface area contributed by atoms with Gasteiger partial charge in [0.2, 0.25) is 0 Å². The molecule has 1 aliphatic heterocycles. The van der Waals surface area contributed by atoms with Gasteiger partial charge in [-0.3, -0.25) is 0 Å². The second-order valence-corrected chi connectivity index (χ2v) is 9.13. The third kappa shape index (κ3) is 4.65. The smallest absolute Gasteiger partial charge is 0.316 e.